The molecule has 4 atom stereocenters. The number of rotatable bonds is 4. The first-order valence-electron chi connectivity index (χ1n) is 9.15. The molecule has 0 radical (unpaired) electrons. The zero-order valence-corrected chi connectivity index (χ0v) is 16.0. The van der Waals surface area contributed by atoms with Crippen molar-refractivity contribution >= 4 is 5.57 Å². The maximum Gasteiger partial charge on any atom is 0.221 e. The highest BCUT2D eigenvalue weighted by Crippen LogP contribution is 2.46. The number of hydrogen-bond donors (Lipinski definition) is 3. The molecule has 0 spiro atoms. The molecule has 3 unspecified atom stereocenters. The number of methoxy groups -OCH3 is 1. The van der Waals surface area contributed by atoms with E-state index in [9.17, 15) is 15.3 Å². The predicted molar refractivity (Wildman–Crippen MR) is 105 cm³/mol. The lowest BCUT2D eigenvalue weighted by atomic mass is 9.66. The van der Waals surface area contributed by atoms with Crippen molar-refractivity contribution in [2.24, 2.45) is 11.8 Å². The third-order valence-electron chi connectivity index (χ3n) is 5.64. The van der Waals surface area contributed by atoms with Gasteiger partial charge in [-0.2, -0.15) is 0 Å². The van der Waals surface area contributed by atoms with Gasteiger partial charge in [-0.1, -0.05) is 12.7 Å². The van der Waals surface area contributed by atoms with E-state index in [1.54, 1.807) is 31.3 Å². The molecule has 2 aliphatic carbocycles. The second-order valence-corrected chi connectivity index (χ2v) is 7.48. The van der Waals surface area contributed by atoms with Gasteiger partial charge in [-0.3, -0.25) is 0 Å². The van der Waals surface area contributed by atoms with Crippen molar-refractivity contribution in [1.82, 2.24) is 4.98 Å². The Morgan fingerprint density at radius 1 is 1.37 bits per heavy atom. The van der Waals surface area contributed by atoms with Crippen LogP contribution in [0, 0.1) is 11.8 Å². The third-order valence-corrected chi connectivity index (χ3v) is 5.64. The Bertz CT molecular complexity index is 838. The molecule has 1 aromatic heterocycles. The summed E-state index contributed by atoms with van der Waals surface area (Å²) in [7, 11) is 1.54. The van der Waals surface area contributed by atoms with Crippen LogP contribution in [-0.4, -0.2) is 39.1 Å². The van der Waals surface area contributed by atoms with Crippen molar-refractivity contribution in [3.05, 3.63) is 65.6 Å². The molecule has 3 rings (SSSR count). The quantitative estimate of drug-likeness (QED) is 0.707. The Balaban J connectivity index is 2.09. The van der Waals surface area contributed by atoms with Crippen LogP contribution in [0.5, 0.6) is 5.88 Å². The van der Waals surface area contributed by atoms with Crippen molar-refractivity contribution in [2.45, 2.75) is 38.4 Å². The van der Waals surface area contributed by atoms with Gasteiger partial charge in [-0.05, 0) is 73.6 Å². The van der Waals surface area contributed by atoms with Gasteiger partial charge in [0, 0.05) is 11.8 Å². The lowest BCUT2D eigenvalue weighted by Gasteiger charge is -2.42. The summed E-state index contributed by atoms with van der Waals surface area (Å²) in [6, 6.07) is 3.62. The first-order chi connectivity index (χ1) is 12.8. The highest BCUT2D eigenvalue weighted by Gasteiger charge is 2.46. The van der Waals surface area contributed by atoms with Crippen LogP contribution in [0.15, 0.2) is 60.0 Å². The first kappa shape index (κ1) is 19.4. The van der Waals surface area contributed by atoms with Gasteiger partial charge in [0.2, 0.25) is 5.88 Å². The standard InChI is InChI=1S/C22H27NO4/c1-13(2)22(26)12-16(17-6-5-9-23-21(17)27-4)11-19(25)20(22)15-7-8-18(24)14(3)10-15/h5-6,9-12,15,18,20,24-26H,1,7-8H2,2-4H3/t15?,18?,20-,22?/m0/s1. The number of ether oxygens (including phenoxy) is 1. The van der Waals surface area contributed by atoms with Crippen LogP contribution < -0.4 is 4.74 Å². The third kappa shape index (κ3) is 3.45. The fraction of sp³-hybridized carbons (Fsp3) is 0.409. The lowest BCUT2D eigenvalue weighted by molar-refractivity contribution is 0.0303. The van der Waals surface area contributed by atoms with Crippen molar-refractivity contribution < 1.29 is 20.1 Å². The van der Waals surface area contributed by atoms with E-state index in [0.29, 0.717) is 35.4 Å². The fourth-order valence-corrected chi connectivity index (χ4v) is 4.08. The van der Waals surface area contributed by atoms with Gasteiger partial charge in [-0.15, -0.1) is 0 Å². The number of hydrogen-bond acceptors (Lipinski definition) is 5. The van der Waals surface area contributed by atoms with Crippen molar-refractivity contribution in [1.29, 1.82) is 0 Å². The number of aliphatic hydroxyl groups excluding tert-OH is 2. The minimum atomic E-state index is -1.42. The first-order valence-corrected chi connectivity index (χ1v) is 9.15. The summed E-state index contributed by atoms with van der Waals surface area (Å²) in [6.45, 7) is 7.62. The van der Waals surface area contributed by atoms with E-state index in [2.05, 4.69) is 11.6 Å². The van der Waals surface area contributed by atoms with Crippen molar-refractivity contribution in [2.75, 3.05) is 7.11 Å². The molecule has 0 saturated carbocycles. The zero-order valence-electron chi connectivity index (χ0n) is 16.0. The van der Waals surface area contributed by atoms with E-state index in [4.69, 9.17) is 4.74 Å². The summed E-state index contributed by atoms with van der Waals surface area (Å²) in [5, 5.41) is 32.5. The van der Waals surface area contributed by atoms with E-state index in [1.165, 1.54) is 7.11 Å². The van der Waals surface area contributed by atoms with Gasteiger partial charge in [-0.25, -0.2) is 4.98 Å². The van der Waals surface area contributed by atoms with Gasteiger partial charge < -0.3 is 20.1 Å². The van der Waals surface area contributed by atoms with Crippen LogP contribution in [0.1, 0.15) is 32.3 Å². The molecule has 27 heavy (non-hydrogen) atoms. The molecular weight excluding hydrogens is 342 g/mol. The van der Waals surface area contributed by atoms with Crippen molar-refractivity contribution in [3.8, 4) is 5.88 Å². The van der Waals surface area contributed by atoms with Crippen LogP contribution in [0.25, 0.3) is 5.57 Å². The molecule has 5 nitrogen and oxygen atoms in total. The number of allylic oxidation sites excluding steroid dienone is 3. The van der Waals surface area contributed by atoms with Gasteiger partial charge in [0.1, 0.15) is 11.4 Å². The Morgan fingerprint density at radius 2 is 2.11 bits per heavy atom. The highest BCUT2D eigenvalue weighted by molar-refractivity contribution is 5.80. The SMILES string of the molecule is C=C(C)C1(O)C=C(c2cccnc2OC)C=C(O)[C@@H]1C1C=C(C)C(O)CC1. The maximum absolute atomic E-state index is 11.5. The van der Waals surface area contributed by atoms with Crippen LogP contribution in [0.4, 0.5) is 0 Å². The van der Waals surface area contributed by atoms with Crippen LogP contribution >= 0.6 is 0 Å². The molecule has 3 N–H and O–H groups in total. The van der Waals surface area contributed by atoms with E-state index < -0.39 is 17.6 Å². The fourth-order valence-electron chi connectivity index (χ4n) is 4.08. The molecule has 144 valence electrons. The van der Waals surface area contributed by atoms with Crippen LogP contribution in [0.2, 0.25) is 0 Å². The number of pyridine rings is 1. The van der Waals surface area contributed by atoms with Crippen molar-refractivity contribution in [3.63, 3.8) is 0 Å². The predicted octanol–water partition coefficient (Wildman–Crippen LogP) is 3.57. The molecule has 0 fully saturated rings. The van der Waals surface area contributed by atoms with Gasteiger partial charge in [0.15, 0.2) is 0 Å². The largest absolute Gasteiger partial charge is 0.512 e. The summed E-state index contributed by atoms with van der Waals surface area (Å²) in [4.78, 5) is 4.20. The van der Waals surface area contributed by atoms with Gasteiger partial charge >= 0.3 is 0 Å². The minimum absolute atomic E-state index is 0.0920. The normalized spacial score (nSPS) is 30.9. The summed E-state index contributed by atoms with van der Waals surface area (Å²) >= 11 is 0. The summed E-state index contributed by atoms with van der Waals surface area (Å²) in [5.41, 5.74) is 1.32. The van der Waals surface area contributed by atoms with E-state index in [-0.39, 0.29) is 11.7 Å². The molecule has 2 aliphatic rings. The Hall–Kier alpha value is -2.37. The monoisotopic (exact) mass is 369 g/mol. The second-order valence-electron chi connectivity index (χ2n) is 7.48. The summed E-state index contributed by atoms with van der Waals surface area (Å²) in [6.07, 6.45) is 7.80. The van der Waals surface area contributed by atoms with E-state index in [1.807, 2.05) is 19.1 Å². The second kappa shape index (κ2) is 7.33. The molecule has 0 amide bonds. The molecular formula is C22H27NO4. The number of nitrogens with zero attached hydrogens (tertiary/aromatic N) is 1. The van der Waals surface area contributed by atoms with E-state index >= 15 is 0 Å². The summed E-state index contributed by atoms with van der Waals surface area (Å²) < 4.78 is 5.33. The van der Waals surface area contributed by atoms with Crippen LogP contribution in [0.3, 0.4) is 0 Å². The average molecular weight is 369 g/mol. The Kier molecular flexibility index (Phi) is 5.27. The molecule has 1 aromatic rings. The molecule has 0 aliphatic heterocycles. The topological polar surface area (TPSA) is 82.8 Å². The molecule has 0 bridgehead atoms. The van der Waals surface area contributed by atoms with Crippen LogP contribution in [-0.2, 0) is 0 Å². The van der Waals surface area contributed by atoms with E-state index in [0.717, 1.165) is 5.57 Å². The zero-order chi connectivity index (χ0) is 19.8. The Labute approximate surface area is 160 Å². The van der Waals surface area contributed by atoms with Gasteiger partial charge in [0.05, 0.1) is 19.1 Å². The molecule has 0 saturated heterocycles. The number of aromatic nitrogens is 1. The summed E-state index contributed by atoms with van der Waals surface area (Å²) in [5.74, 6) is -0.134. The smallest absolute Gasteiger partial charge is 0.221 e. The highest BCUT2D eigenvalue weighted by atomic mass is 16.5. The molecule has 5 heteroatoms. The molecule has 0 aromatic carbocycles. The lowest BCUT2D eigenvalue weighted by Crippen LogP contribution is -2.44. The maximum atomic E-state index is 11.5. The molecule has 1 heterocycles. The van der Waals surface area contributed by atoms with Gasteiger partial charge in [0.25, 0.3) is 0 Å². The average Bonchev–Trinajstić information content (AvgIpc) is 2.63. The number of aliphatic hydroxyl groups is 3. The Morgan fingerprint density at radius 3 is 2.74 bits per heavy atom. The minimum Gasteiger partial charge on any atom is -0.512 e.